The average molecular weight is 394 g/mol. The lowest BCUT2D eigenvalue weighted by atomic mass is 10.1. The van der Waals surface area contributed by atoms with Gasteiger partial charge in [0.05, 0.1) is 17.2 Å². The fraction of sp³-hybridized carbons (Fsp3) is 0.0952. The van der Waals surface area contributed by atoms with E-state index in [2.05, 4.69) is 10.3 Å². The van der Waals surface area contributed by atoms with Crippen molar-refractivity contribution in [3.05, 3.63) is 84.6 Å². The third-order valence-corrected chi connectivity index (χ3v) is 5.96. The minimum atomic E-state index is -3.88. The zero-order valence-corrected chi connectivity index (χ0v) is 15.9. The van der Waals surface area contributed by atoms with Crippen LogP contribution in [0.3, 0.4) is 0 Å². The van der Waals surface area contributed by atoms with Crippen LogP contribution in [0.2, 0.25) is 0 Å². The van der Waals surface area contributed by atoms with Crippen molar-refractivity contribution in [3.8, 4) is 11.7 Å². The number of hydrogen-bond donors (Lipinski definition) is 1. The summed E-state index contributed by atoms with van der Waals surface area (Å²) in [6.07, 6.45) is 1.48. The summed E-state index contributed by atoms with van der Waals surface area (Å²) < 4.78 is 37.4. The van der Waals surface area contributed by atoms with Crippen LogP contribution in [0.15, 0.2) is 97.8 Å². The molecule has 142 valence electrons. The van der Waals surface area contributed by atoms with Crippen LogP contribution in [0.25, 0.3) is 11.7 Å². The van der Waals surface area contributed by atoms with E-state index in [1.54, 1.807) is 30.3 Å². The second kappa shape index (κ2) is 7.36. The van der Waals surface area contributed by atoms with Gasteiger partial charge in [-0.05, 0) is 36.8 Å². The van der Waals surface area contributed by atoms with Crippen molar-refractivity contribution in [3.63, 3.8) is 0 Å². The average Bonchev–Trinajstić information content (AvgIpc) is 3.39. The lowest BCUT2D eigenvalue weighted by molar-refractivity contribution is 0.520. The van der Waals surface area contributed by atoms with E-state index in [0.717, 1.165) is 5.56 Å². The topological polar surface area (TPSA) is 85.3 Å². The van der Waals surface area contributed by atoms with Gasteiger partial charge in [-0.3, -0.25) is 0 Å². The standard InChI is InChI=1S/C21H18N2O4S/c1-15(16-9-4-2-5-10-16)22-20-21(23-19(27-20)18-13-8-14-26-18)28(24,25)17-11-6-3-7-12-17/h2-15,22H,1H3/t15-/m0/s1. The number of hydrogen-bond acceptors (Lipinski definition) is 6. The van der Waals surface area contributed by atoms with Crippen LogP contribution < -0.4 is 5.32 Å². The molecular weight excluding hydrogens is 376 g/mol. The number of nitrogens with one attached hydrogen (secondary N) is 1. The van der Waals surface area contributed by atoms with Crippen molar-refractivity contribution in [2.45, 2.75) is 22.9 Å². The minimum absolute atomic E-state index is 0.0756. The molecule has 0 saturated heterocycles. The van der Waals surface area contributed by atoms with Crippen molar-refractivity contribution in [2.24, 2.45) is 0 Å². The van der Waals surface area contributed by atoms with E-state index in [0.29, 0.717) is 5.76 Å². The van der Waals surface area contributed by atoms with Gasteiger partial charge in [-0.25, -0.2) is 8.42 Å². The third-order valence-electron chi connectivity index (χ3n) is 4.28. The molecule has 1 atom stereocenters. The molecule has 7 heteroatoms. The van der Waals surface area contributed by atoms with Gasteiger partial charge in [0.15, 0.2) is 5.76 Å². The highest BCUT2D eigenvalue weighted by atomic mass is 32.2. The summed E-state index contributed by atoms with van der Waals surface area (Å²) in [7, 11) is -3.88. The third kappa shape index (κ3) is 3.44. The maximum atomic E-state index is 13.2. The second-order valence-corrected chi connectivity index (χ2v) is 8.09. The van der Waals surface area contributed by atoms with Gasteiger partial charge in [0.1, 0.15) is 0 Å². The zero-order chi connectivity index (χ0) is 19.6. The molecule has 0 bridgehead atoms. The molecule has 2 aromatic carbocycles. The lowest BCUT2D eigenvalue weighted by Gasteiger charge is -2.14. The van der Waals surface area contributed by atoms with Gasteiger partial charge in [0, 0.05) is 0 Å². The Bertz CT molecular complexity index is 1150. The first-order valence-corrected chi connectivity index (χ1v) is 10.2. The zero-order valence-electron chi connectivity index (χ0n) is 15.1. The maximum absolute atomic E-state index is 13.2. The predicted octanol–water partition coefficient (Wildman–Crippen LogP) is 4.94. The Balaban J connectivity index is 1.78. The van der Waals surface area contributed by atoms with E-state index >= 15 is 0 Å². The maximum Gasteiger partial charge on any atom is 0.266 e. The van der Waals surface area contributed by atoms with Crippen molar-refractivity contribution in [2.75, 3.05) is 5.32 Å². The first-order chi connectivity index (χ1) is 13.6. The van der Waals surface area contributed by atoms with Crippen molar-refractivity contribution >= 4 is 15.7 Å². The van der Waals surface area contributed by atoms with Gasteiger partial charge in [0.2, 0.25) is 20.7 Å². The lowest BCUT2D eigenvalue weighted by Crippen LogP contribution is -2.10. The van der Waals surface area contributed by atoms with E-state index in [-0.39, 0.29) is 27.7 Å². The van der Waals surface area contributed by atoms with Gasteiger partial charge < -0.3 is 14.2 Å². The monoisotopic (exact) mass is 394 g/mol. The first kappa shape index (κ1) is 18.1. The van der Waals surface area contributed by atoms with Crippen LogP contribution in [0.5, 0.6) is 0 Å². The van der Waals surface area contributed by atoms with Crippen LogP contribution in [0.4, 0.5) is 5.88 Å². The molecule has 0 spiro atoms. The Morgan fingerprint density at radius 1 is 0.929 bits per heavy atom. The van der Waals surface area contributed by atoms with E-state index in [1.165, 1.54) is 18.4 Å². The molecule has 0 radical (unpaired) electrons. The van der Waals surface area contributed by atoms with E-state index in [1.807, 2.05) is 37.3 Å². The SMILES string of the molecule is C[C@H](Nc1oc(-c2ccco2)nc1S(=O)(=O)c1ccccc1)c1ccccc1. The number of anilines is 1. The smallest absolute Gasteiger partial charge is 0.266 e. The van der Waals surface area contributed by atoms with Crippen LogP contribution in [0, 0.1) is 0 Å². The van der Waals surface area contributed by atoms with Gasteiger partial charge in [-0.1, -0.05) is 48.5 Å². The normalized spacial score (nSPS) is 12.6. The Morgan fingerprint density at radius 3 is 2.25 bits per heavy atom. The van der Waals surface area contributed by atoms with E-state index in [9.17, 15) is 8.42 Å². The van der Waals surface area contributed by atoms with Crippen LogP contribution in [-0.2, 0) is 9.84 Å². The quantitative estimate of drug-likeness (QED) is 0.498. The Kier molecular flexibility index (Phi) is 4.75. The predicted molar refractivity (Wildman–Crippen MR) is 105 cm³/mol. The molecule has 1 N–H and O–H groups in total. The molecule has 0 aliphatic rings. The van der Waals surface area contributed by atoms with Crippen molar-refractivity contribution < 1.29 is 17.3 Å². The number of nitrogens with zero attached hydrogens (tertiary/aromatic N) is 1. The van der Waals surface area contributed by atoms with Gasteiger partial charge in [-0.15, -0.1) is 0 Å². The fourth-order valence-electron chi connectivity index (χ4n) is 2.82. The summed E-state index contributed by atoms with van der Waals surface area (Å²) in [4.78, 5) is 4.38. The summed E-state index contributed by atoms with van der Waals surface area (Å²) in [5.41, 5.74) is 0.988. The molecule has 0 aliphatic carbocycles. The molecule has 2 aromatic heterocycles. The van der Waals surface area contributed by atoms with Crippen molar-refractivity contribution in [1.82, 2.24) is 4.98 Å². The number of aromatic nitrogens is 1. The van der Waals surface area contributed by atoms with Gasteiger partial charge in [-0.2, -0.15) is 4.98 Å². The molecule has 6 nitrogen and oxygen atoms in total. The number of rotatable bonds is 6. The molecular formula is C21H18N2O4S. The van der Waals surface area contributed by atoms with E-state index < -0.39 is 9.84 Å². The summed E-state index contributed by atoms with van der Waals surface area (Å²) >= 11 is 0. The molecule has 0 amide bonds. The summed E-state index contributed by atoms with van der Waals surface area (Å²) in [6, 6.07) is 21.0. The Morgan fingerprint density at radius 2 is 1.61 bits per heavy atom. The molecule has 4 rings (SSSR count). The van der Waals surface area contributed by atoms with E-state index in [4.69, 9.17) is 8.83 Å². The summed E-state index contributed by atoms with van der Waals surface area (Å²) in [5.74, 6) is 0.527. The molecule has 0 fully saturated rings. The minimum Gasteiger partial charge on any atom is -0.459 e. The highest BCUT2D eigenvalue weighted by molar-refractivity contribution is 7.91. The summed E-state index contributed by atoms with van der Waals surface area (Å²) in [6.45, 7) is 1.92. The summed E-state index contributed by atoms with van der Waals surface area (Å²) in [5, 5.41) is 2.96. The highest BCUT2D eigenvalue weighted by Gasteiger charge is 2.29. The van der Waals surface area contributed by atoms with Crippen molar-refractivity contribution in [1.29, 1.82) is 0 Å². The van der Waals surface area contributed by atoms with Crippen LogP contribution >= 0.6 is 0 Å². The molecule has 0 unspecified atom stereocenters. The molecule has 4 aromatic rings. The number of furan rings is 1. The van der Waals surface area contributed by atoms with Gasteiger partial charge in [0.25, 0.3) is 5.89 Å². The molecule has 0 saturated carbocycles. The number of benzene rings is 2. The number of oxazole rings is 1. The highest BCUT2D eigenvalue weighted by Crippen LogP contribution is 2.34. The number of sulfone groups is 1. The van der Waals surface area contributed by atoms with Crippen LogP contribution in [0.1, 0.15) is 18.5 Å². The molecule has 2 heterocycles. The molecule has 28 heavy (non-hydrogen) atoms. The first-order valence-electron chi connectivity index (χ1n) is 8.72. The largest absolute Gasteiger partial charge is 0.459 e. The molecule has 0 aliphatic heterocycles. The fourth-order valence-corrected chi connectivity index (χ4v) is 4.10. The Hall–Kier alpha value is -3.32. The van der Waals surface area contributed by atoms with Gasteiger partial charge >= 0.3 is 0 Å². The van der Waals surface area contributed by atoms with Crippen LogP contribution in [-0.4, -0.2) is 13.4 Å². The Labute approximate surface area is 162 Å². The second-order valence-electron chi connectivity index (χ2n) is 6.22.